The van der Waals surface area contributed by atoms with Gasteiger partial charge in [0.25, 0.3) is 0 Å². The van der Waals surface area contributed by atoms with E-state index in [0.717, 1.165) is 8.95 Å². The van der Waals surface area contributed by atoms with Crippen LogP contribution in [0.4, 0.5) is 0 Å². The van der Waals surface area contributed by atoms with Gasteiger partial charge in [-0.05, 0) is 40.1 Å². The fraction of sp³-hybridized carbons (Fsp3) is 0. The van der Waals surface area contributed by atoms with Crippen LogP contribution in [0.5, 0.6) is 0 Å². The molecule has 0 aromatic heterocycles. The van der Waals surface area contributed by atoms with E-state index in [1.54, 1.807) is 0 Å². The molecule has 0 amide bonds. The van der Waals surface area contributed by atoms with Crippen LogP contribution in [0.15, 0.2) is 69.6 Å². The lowest BCUT2D eigenvalue weighted by Crippen LogP contribution is -1.83. The summed E-state index contributed by atoms with van der Waals surface area (Å²) in [7, 11) is 0. The summed E-state index contributed by atoms with van der Waals surface area (Å²) < 4.78 is 2.20. The number of benzene rings is 3. The maximum atomic E-state index is 3.63. The molecule has 0 aliphatic heterocycles. The molecule has 0 radical (unpaired) electrons. The van der Waals surface area contributed by atoms with Gasteiger partial charge in [-0.25, -0.2) is 0 Å². The van der Waals surface area contributed by atoms with E-state index in [1.165, 1.54) is 21.9 Å². The molecule has 3 rings (SSSR count). The molecule has 0 saturated carbocycles. The second kappa shape index (κ2) is 4.87. The Morgan fingerprint density at radius 2 is 1.44 bits per heavy atom. The molecule has 0 bridgehead atoms. The minimum Gasteiger partial charge on any atom is -0.0616 e. The smallest absolute Gasteiger partial charge is 0.0254 e. The molecule has 88 valence electrons. The molecule has 0 aliphatic carbocycles. The highest BCUT2D eigenvalue weighted by Gasteiger charge is 2.07. The molecule has 3 aromatic carbocycles. The number of hydrogen-bond donors (Lipinski definition) is 0. The summed E-state index contributed by atoms with van der Waals surface area (Å²) >= 11 is 7.17. The maximum absolute atomic E-state index is 3.63. The van der Waals surface area contributed by atoms with E-state index in [-0.39, 0.29) is 0 Å². The third kappa shape index (κ3) is 2.11. The van der Waals surface area contributed by atoms with Crippen molar-refractivity contribution in [2.75, 3.05) is 0 Å². The molecule has 0 nitrogen and oxygen atoms in total. The molecular weight excluding hydrogens is 352 g/mol. The summed E-state index contributed by atoms with van der Waals surface area (Å²) in [6.07, 6.45) is 0. The Morgan fingerprint density at radius 3 is 2.33 bits per heavy atom. The van der Waals surface area contributed by atoms with E-state index in [1.807, 2.05) is 6.07 Å². The van der Waals surface area contributed by atoms with Gasteiger partial charge in [0, 0.05) is 8.95 Å². The lowest BCUT2D eigenvalue weighted by molar-refractivity contribution is 1.58. The van der Waals surface area contributed by atoms with Gasteiger partial charge in [-0.1, -0.05) is 74.3 Å². The van der Waals surface area contributed by atoms with E-state index < -0.39 is 0 Å². The molecule has 0 unspecified atom stereocenters. The SMILES string of the molecule is Brc1ccc(Br)c(-c2cccc3ccccc23)c1. The molecular formula is C16H10Br2. The van der Waals surface area contributed by atoms with Crippen molar-refractivity contribution in [2.45, 2.75) is 0 Å². The average Bonchev–Trinajstić information content (AvgIpc) is 2.41. The standard InChI is InChI=1S/C16H10Br2/c17-12-8-9-16(18)15(10-12)14-7-3-5-11-4-1-2-6-13(11)14/h1-10H. The van der Waals surface area contributed by atoms with Gasteiger partial charge in [-0.15, -0.1) is 0 Å². The van der Waals surface area contributed by atoms with Crippen molar-refractivity contribution in [2.24, 2.45) is 0 Å². The Hall–Kier alpha value is -1.12. The average molecular weight is 362 g/mol. The Kier molecular flexibility index (Phi) is 3.23. The molecule has 0 N–H and O–H groups in total. The number of halogens is 2. The third-order valence-corrected chi connectivity index (χ3v) is 4.19. The summed E-state index contributed by atoms with van der Waals surface area (Å²) in [5.41, 5.74) is 2.46. The molecule has 3 aromatic rings. The van der Waals surface area contributed by atoms with Crippen molar-refractivity contribution in [3.8, 4) is 11.1 Å². The van der Waals surface area contributed by atoms with Crippen molar-refractivity contribution in [3.05, 3.63) is 69.6 Å². The van der Waals surface area contributed by atoms with Crippen molar-refractivity contribution < 1.29 is 0 Å². The molecule has 0 fully saturated rings. The van der Waals surface area contributed by atoms with Crippen LogP contribution in [0.1, 0.15) is 0 Å². The van der Waals surface area contributed by atoms with Gasteiger partial charge in [-0.2, -0.15) is 0 Å². The monoisotopic (exact) mass is 360 g/mol. The van der Waals surface area contributed by atoms with Crippen molar-refractivity contribution >= 4 is 42.6 Å². The fourth-order valence-corrected chi connectivity index (χ4v) is 2.99. The van der Waals surface area contributed by atoms with Crippen LogP contribution in [0.3, 0.4) is 0 Å². The van der Waals surface area contributed by atoms with Gasteiger partial charge in [0.05, 0.1) is 0 Å². The van der Waals surface area contributed by atoms with Gasteiger partial charge >= 0.3 is 0 Å². The van der Waals surface area contributed by atoms with Crippen LogP contribution >= 0.6 is 31.9 Å². The summed E-state index contributed by atoms with van der Waals surface area (Å²) in [6.45, 7) is 0. The van der Waals surface area contributed by atoms with E-state index in [4.69, 9.17) is 0 Å². The number of hydrogen-bond acceptors (Lipinski definition) is 0. The first kappa shape index (κ1) is 11.9. The highest BCUT2D eigenvalue weighted by Crippen LogP contribution is 2.35. The molecule has 2 heteroatoms. The Bertz CT molecular complexity index is 712. The second-order valence-electron chi connectivity index (χ2n) is 4.15. The third-order valence-electron chi connectivity index (χ3n) is 3.01. The van der Waals surface area contributed by atoms with Crippen molar-refractivity contribution in [1.82, 2.24) is 0 Å². The normalized spacial score (nSPS) is 10.8. The van der Waals surface area contributed by atoms with Gasteiger partial charge in [-0.3, -0.25) is 0 Å². The van der Waals surface area contributed by atoms with E-state index >= 15 is 0 Å². The zero-order valence-electron chi connectivity index (χ0n) is 9.53. The molecule has 0 spiro atoms. The zero-order chi connectivity index (χ0) is 12.5. The Balaban J connectivity index is 2.35. The van der Waals surface area contributed by atoms with Crippen LogP contribution in [-0.4, -0.2) is 0 Å². The molecule has 18 heavy (non-hydrogen) atoms. The Labute approximate surface area is 123 Å². The first-order valence-electron chi connectivity index (χ1n) is 5.69. The van der Waals surface area contributed by atoms with E-state index in [9.17, 15) is 0 Å². The predicted octanol–water partition coefficient (Wildman–Crippen LogP) is 6.03. The Morgan fingerprint density at radius 1 is 0.667 bits per heavy atom. The first-order chi connectivity index (χ1) is 8.75. The first-order valence-corrected chi connectivity index (χ1v) is 7.27. The van der Waals surface area contributed by atoms with Gasteiger partial charge < -0.3 is 0 Å². The zero-order valence-corrected chi connectivity index (χ0v) is 12.7. The number of rotatable bonds is 1. The molecule has 0 atom stereocenters. The fourth-order valence-electron chi connectivity index (χ4n) is 2.16. The van der Waals surface area contributed by atoms with E-state index in [2.05, 4.69) is 86.5 Å². The molecule has 0 aliphatic rings. The van der Waals surface area contributed by atoms with Crippen LogP contribution in [0.2, 0.25) is 0 Å². The highest BCUT2D eigenvalue weighted by atomic mass is 79.9. The van der Waals surface area contributed by atoms with Crippen LogP contribution in [-0.2, 0) is 0 Å². The van der Waals surface area contributed by atoms with Crippen LogP contribution in [0.25, 0.3) is 21.9 Å². The minimum atomic E-state index is 1.09. The lowest BCUT2D eigenvalue weighted by atomic mass is 9.98. The van der Waals surface area contributed by atoms with Gasteiger partial charge in [0.15, 0.2) is 0 Å². The highest BCUT2D eigenvalue weighted by molar-refractivity contribution is 9.11. The van der Waals surface area contributed by atoms with Gasteiger partial charge in [0.1, 0.15) is 0 Å². The largest absolute Gasteiger partial charge is 0.0616 e. The van der Waals surface area contributed by atoms with Crippen molar-refractivity contribution in [3.63, 3.8) is 0 Å². The second-order valence-corrected chi connectivity index (χ2v) is 5.92. The number of fused-ring (bicyclic) bond motifs is 1. The maximum Gasteiger partial charge on any atom is 0.0254 e. The predicted molar refractivity (Wildman–Crippen MR) is 84.8 cm³/mol. The molecule has 0 heterocycles. The van der Waals surface area contributed by atoms with E-state index in [0.29, 0.717) is 0 Å². The minimum absolute atomic E-state index is 1.09. The lowest BCUT2D eigenvalue weighted by Gasteiger charge is -2.09. The van der Waals surface area contributed by atoms with Gasteiger partial charge in [0.2, 0.25) is 0 Å². The summed E-state index contributed by atoms with van der Waals surface area (Å²) in [6, 6.07) is 21.1. The molecule has 0 saturated heterocycles. The van der Waals surface area contributed by atoms with Crippen LogP contribution < -0.4 is 0 Å². The topological polar surface area (TPSA) is 0 Å². The quantitative estimate of drug-likeness (QED) is 0.496. The summed E-state index contributed by atoms with van der Waals surface area (Å²) in [5.74, 6) is 0. The van der Waals surface area contributed by atoms with Crippen LogP contribution in [0, 0.1) is 0 Å². The summed E-state index contributed by atoms with van der Waals surface area (Å²) in [5, 5.41) is 2.54. The van der Waals surface area contributed by atoms with Crippen molar-refractivity contribution in [1.29, 1.82) is 0 Å². The summed E-state index contributed by atoms with van der Waals surface area (Å²) in [4.78, 5) is 0.